The number of sulfonamides is 1. The van der Waals surface area contributed by atoms with Gasteiger partial charge in [0.25, 0.3) is 0 Å². The van der Waals surface area contributed by atoms with Crippen LogP contribution < -0.4 is 15.2 Å². The molecule has 1 aliphatic rings. The number of hydrogen-bond acceptors (Lipinski definition) is 4. The Labute approximate surface area is 114 Å². The van der Waals surface area contributed by atoms with Gasteiger partial charge in [0.05, 0.1) is 18.4 Å². The van der Waals surface area contributed by atoms with E-state index in [4.69, 9.17) is 10.5 Å². The SMILES string of the molecule is CCS(=O)(=O)NC1CCOc2ccc(C(C)N)cc21. The van der Waals surface area contributed by atoms with Crippen LogP contribution in [-0.4, -0.2) is 20.8 Å². The van der Waals surface area contributed by atoms with E-state index in [1.807, 2.05) is 25.1 Å². The Morgan fingerprint density at radius 3 is 2.89 bits per heavy atom. The second kappa shape index (κ2) is 5.48. The minimum absolute atomic E-state index is 0.0761. The van der Waals surface area contributed by atoms with E-state index in [0.717, 1.165) is 16.9 Å². The molecule has 0 radical (unpaired) electrons. The summed E-state index contributed by atoms with van der Waals surface area (Å²) in [5, 5.41) is 0. The molecule has 1 heterocycles. The molecule has 0 bridgehead atoms. The third-order valence-electron chi connectivity index (χ3n) is 3.30. The van der Waals surface area contributed by atoms with Gasteiger partial charge in [0.1, 0.15) is 5.75 Å². The van der Waals surface area contributed by atoms with E-state index in [2.05, 4.69) is 4.72 Å². The summed E-state index contributed by atoms with van der Waals surface area (Å²) in [6, 6.07) is 5.39. The zero-order chi connectivity index (χ0) is 14.0. The van der Waals surface area contributed by atoms with Crippen molar-refractivity contribution in [2.45, 2.75) is 32.4 Å². The number of fused-ring (bicyclic) bond motifs is 1. The molecule has 19 heavy (non-hydrogen) atoms. The van der Waals surface area contributed by atoms with Gasteiger partial charge in [0, 0.05) is 18.0 Å². The average Bonchev–Trinajstić information content (AvgIpc) is 2.38. The van der Waals surface area contributed by atoms with Crippen LogP contribution >= 0.6 is 0 Å². The lowest BCUT2D eigenvalue weighted by Gasteiger charge is -2.27. The first-order chi connectivity index (χ1) is 8.93. The summed E-state index contributed by atoms with van der Waals surface area (Å²) in [6.45, 7) is 4.04. The summed E-state index contributed by atoms with van der Waals surface area (Å²) in [7, 11) is -3.23. The lowest BCUT2D eigenvalue weighted by Crippen LogP contribution is -2.33. The predicted octanol–water partition coefficient (Wildman–Crippen LogP) is 1.47. The zero-order valence-electron chi connectivity index (χ0n) is 11.2. The van der Waals surface area contributed by atoms with Crippen LogP contribution in [0.1, 0.15) is 43.5 Å². The van der Waals surface area contributed by atoms with Crippen LogP contribution in [0.2, 0.25) is 0 Å². The molecule has 0 aromatic heterocycles. The van der Waals surface area contributed by atoms with Gasteiger partial charge in [-0.3, -0.25) is 0 Å². The molecule has 6 heteroatoms. The lowest BCUT2D eigenvalue weighted by atomic mass is 9.97. The van der Waals surface area contributed by atoms with Gasteiger partial charge in [-0.05, 0) is 31.5 Å². The van der Waals surface area contributed by atoms with Crippen molar-refractivity contribution in [1.29, 1.82) is 0 Å². The van der Waals surface area contributed by atoms with Gasteiger partial charge in [0.15, 0.2) is 0 Å². The molecule has 3 N–H and O–H groups in total. The molecule has 5 nitrogen and oxygen atoms in total. The van der Waals surface area contributed by atoms with E-state index in [1.54, 1.807) is 6.92 Å². The van der Waals surface area contributed by atoms with Crippen molar-refractivity contribution in [3.8, 4) is 5.75 Å². The minimum atomic E-state index is -3.23. The fraction of sp³-hybridized carbons (Fsp3) is 0.538. The smallest absolute Gasteiger partial charge is 0.211 e. The first-order valence-electron chi connectivity index (χ1n) is 6.45. The molecule has 0 spiro atoms. The van der Waals surface area contributed by atoms with E-state index >= 15 is 0 Å². The van der Waals surface area contributed by atoms with Crippen LogP contribution in [0.15, 0.2) is 18.2 Å². The first-order valence-corrected chi connectivity index (χ1v) is 8.10. The Bertz CT molecular complexity index is 555. The highest BCUT2D eigenvalue weighted by Gasteiger charge is 2.25. The Morgan fingerprint density at radius 1 is 1.53 bits per heavy atom. The number of nitrogens with two attached hydrogens (primary N) is 1. The number of nitrogens with one attached hydrogen (secondary N) is 1. The highest BCUT2D eigenvalue weighted by Crippen LogP contribution is 2.34. The van der Waals surface area contributed by atoms with E-state index < -0.39 is 10.0 Å². The predicted molar refractivity (Wildman–Crippen MR) is 74.5 cm³/mol. The van der Waals surface area contributed by atoms with Crippen LogP contribution in [0, 0.1) is 0 Å². The summed E-state index contributed by atoms with van der Waals surface area (Å²) >= 11 is 0. The van der Waals surface area contributed by atoms with E-state index in [0.29, 0.717) is 13.0 Å². The molecular formula is C13H20N2O3S. The number of ether oxygens (including phenoxy) is 1. The maximum absolute atomic E-state index is 11.7. The second-order valence-electron chi connectivity index (χ2n) is 4.80. The van der Waals surface area contributed by atoms with Crippen molar-refractivity contribution in [3.63, 3.8) is 0 Å². The van der Waals surface area contributed by atoms with Crippen LogP contribution in [0.4, 0.5) is 0 Å². The fourth-order valence-electron chi connectivity index (χ4n) is 2.12. The maximum atomic E-state index is 11.7. The van der Waals surface area contributed by atoms with Crippen LogP contribution in [0.5, 0.6) is 5.75 Å². The van der Waals surface area contributed by atoms with Crippen molar-refractivity contribution in [3.05, 3.63) is 29.3 Å². The van der Waals surface area contributed by atoms with Crippen LogP contribution in [-0.2, 0) is 10.0 Å². The molecular weight excluding hydrogens is 264 g/mol. The molecule has 1 aliphatic heterocycles. The Balaban J connectivity index is 2.34. The summed E-state index contributed by atoms with van der Waals surface area (Å²) in [5.41, 5.74) is 7.72. The standard InChI is InChI=1S/C13H20N2O3S/c1-3-19(16,17)15-12-6-7-18-13-5-4-10(9(2)14)8-11(12)13/h4-5,8-9,12,15H,3,6-7,14H2,1-2H3. The van der Waals surface area contributed by atoms with E-state index in [9.17, 15) is 8.42 Å². The molecule has 0 saturated heterocycles. The molecule has 2 rings (SSSR count). The highest BCUT2D eigenvalue weighted by molar-refractivity contribution is 7.89. The first kappa shape index (κ1) is 14.3. The normalized spacial score (nSPS) is 20.5. The van der Waals surface area contributed by atoms with Gasteiger partial charge in [-0.25, -0.2) is 13.1 Å². The van der Waals surface area contributed by atoms with E-state index in [1.165, 1.54) is 0 Å². The monoisotopic (exact) mass is 284 g/mol. The number of benzene rings is 1. The third kappa shape index (κ3) is 3.26. The third-order valence-corrected chi connectivity index (χ3v) is 4.70. The lowest BCUT2D eigenvalue weighted by molar-refractivity contribution is 0.263. The van der Waals surface area contributed by atoms with Gasteiger partial charge in [-0.1, -0.05) is 6.07 Å². The topological polar surface area (TPSA) is 81.4 Å². The van der Waals surface area contributed by atoms with Crippen molar-refractivity contribution in [2.24, 2.45) is 5.73 Å². The molecule has 0 aliphatic carbocycles. The summed E-state index contributed by atoms with van der Waals surface area (Å²) < 4.78 is 31.7. The Hall–Kier alpha value is -1.11. The van der Waals surface area contributed by atoms with Gasteiger partial charge in [-0.2, -0.15) is 0 Å². The summed E-state index contributed by atoms with van der Waals surface area (Å²) in [4.78, 5) is 0. The molecule has 2 atom stereocenters. The van der Waals surface area contributed by atoms with Crippen molar-refractivity contribution in [1.82, 2.24) is 4.72 Å². The van der Waals surface area contributed by atoms with Crippen LogP contribution in [0.25, 0.3) is 0 Å². The Morgan fingerprint density at radius 2 is 2.26 bits per heavy atom. The van der Waals surface area contributed by atoms with Crippen molar-refractivity contribution >= 4 is 10.0 Å². The van der Waals surface area contributed by atoms with Crippen molar-refractivity contribution < 1.29 is 13.2 Å². The number of rotatable bonds is 4. The molecule has 1 aromatic carbocycles. The van der Waals surface area contributed by atoms with Gasteiger partial charge >= 0.3 is 0 Å². The van der Waals surface area contributed by atoms with Crippen LogP contribution in [0.3, 0.4) is 0 Å². The highest BCUT2D eigenvalue weighted by atomic mass is 32.2. The molecule has 1 aromatic rings. The summed E-state index contributed by atoms with van der Waals surface area (Å²) in [6.07, 6.45) is 0.634. The molecule has 0 amide bonds. The minimum Gasteiger partial charge on any atom is -0.493 e. The fourth-order valence-corrected chi connectivity index (χ4v) is 2.96. The van der Waals surface area contributed by atoms with Gasteiger partial charge < -0.3 is 10.5 Å². The molecule has 2 unspecified atom stereocenters. The van der Waals surface area contributed by atoms with Gasteiger partial charge in [-0.15, -0.1) is 0 Å². The molecule has 106 valence electrons. The quantitative estimate of drug-likeness (QED) is 0.877. The number of hydrogen-bond donors (Lipinski definition) is 2. The van der Waals surface area contributed by atoms with Gasteiger partial charge in [0.2, 0.25) is 10.0 Å². The Kier molecular flexibility index (Phi) is 4.13. The van der Waals surface area contributed by atoms with Crippen molar-refractivity contribution in [2.75, 3.05) is 12.4 Å². The molecule has 0 saturated carbocycles. The summed E-state index contributed by atoms with van der Waals surface area (Å²) in [5.74, 6) is 0.812. The largest absolute Gasteiger partial charge is 0.493 e. The molecule has 0 fully saturated rings. The average molecular weight is 284 g/mol. The zero-order valence-corrected chi connectivity index (χ0v) is 12.0. The van der Waals surface area contributed by atoms with E-state index in [-0.39, 0.29) is 17.8 Å². The maximum Gasteiger partial charge on any atom is 0.211 e. The second-order valence-corrected chi connectivity index (χ2v) is 6.84.